The molecule has 0 radical (unpaired) electrons. The van der Waals surface area contributed by atoms with Gasteiger partial charge in [0.05, 0.1) is 28.6 Å². The summed E-state index contributed by atoms with van der Waals surface area (Å²) < 4.78 is 6.18. The van der Waals surface area contributed by atoms with Gasteiger partial charge in [0.15, 0.2) is 0 Å². The van der Waals surface area contributed by atoms with E-state index in [2.05, 4.69) is 0 Å². The molecule has 1 aliphatic carbocycles. The lowest BCUT2D eigenvalue weighted by Crippen LogP contribution is -2.51. The Morgan fingerprint density at radius 1 is 0.861 bits per heavy atom. The summed E-state index contributed by atoms with van der Waals surface area (Å²) in [4.78, 5) is 66.5. The third-order valence-electron chi connectivity index (χ3n) is 7.02. The second kappa shape index (κ2) is 7.64. The Balaban J connectivity index is 1.54. The first kappa shape index (κ1) is 22.3. The zero-order valence-electron chi connectivity index (χ0n) is 18.3. The van der Waals surface area contributed by atoms with E-state index >= 15 is 0 Å². The topological polar surface area (TPSA) is 124 Å². The van der Waals surface area contributed by atoms with Crippen LogP contribution in [0.15, 0.2) is 72.8 Å². The highest BCUT2D eigenvalue weighted by atomic mass is 35.5. The Morgan fingerprint density at radius 3 is 2.11 bits per heavy atom. The summed E-state index contributed by atoms with van der Waals surface area (Å²) in [7, 11) is 0. The number of ether oxygens (including phenoxy) is 1. The number of ketones is 2. The molecule has 3 aliphatic rings. The minimum absolute atomic E-state index is 0.0194. The van der Waals surface area contributed by atoms with E-state index < -0.39 is 51.8 Å². The summed E-state index contributed by atoms with van der Waals surface area (Å²) >= 11 is 6.02. The maximum Gasteiger partial charge on any atom is 0.271 e. The van der Waals surface area contributed by atoms with Crippen LogP contribution >= 0.6 is 11.6 Å². The van der Waals surface area contributed by atoms with Crippen LogP contribution in [0.5, 0.6) is 0 Å². The number of hydrogen-bond acceptors (Lipinski definition) is 7. The van der Waals surface area contributed by atoms with Gasteiger partial charge in [-0.1, -0.05) is 54.1 Å². The van der Waals surface area contributed by atoms with E-state index in [-0.39, 0.29) is 22.5 Å². The molecular weight excluding hydrogens is 488 g/mol. The number of nitro benzene ring substituents is 1. The summed E-state index contributed by atoms with van der Waals surface area (Å²) in [5.74, 6) is -5.55. The first-order valence-corrected chi connectivity index (χ1v) is 11.4. The molecule has 3 aromatic rings. The molecule has 0 bridgehead atoms. The average molecular weight is 503 g/mol. The fourth-order valence-corrected chi connectivity index (χ4v) is 5.60. The molecule has 0 aromatic heterocycles. The van der Waals surface area contributed by atoms with Gasteiger partial charge in [0, 0.05) is 28.3 Å². The number of rotatable bonds is 3. The molecule has 36 heavy (non-hydrogen) atoms. The highest BCUT2D eigenvalue weighted by Crippen LogP contribution is 2.57. The van der Waals surface area contributed by atoms with Crippen LogP contribution in [0.2, 0.25) is 5.02 Å². The maximum atomic E-state index is 13.8. The van der Waals surface area contributed by atoms with Crippen molar-refractivity contribution in [2.45, 2.75) is 11.7 Å². The second-order valence-electron chi connectivity index (χ2n) is 8.82. The molecule has 2 amide bonds. The number of nitro groups is 1. The molecule has 9 nitrogen and oxygen atoms in total. The van der Waals surface area contributed by atoms with Crippen LogP contribution < -0.4 is 4.90 Å². The van der Waals surface area contributed by atoms with Crippen molar-refractivity contribution in [1.29, 1.82) is 0 Å². The molecule has 2 saturated heterocycles. The number of non-ortho nitro benzene ring substituents is 1. The molecule has 6 rings (SSSR count). The summed E-state index contributed by atoms with van der Waals surface area (Å²) in [6.45, 7) is 0. The molecule has 178 valence electrons. The molecular formula is C26H15ClN2O7. The number of fused-ring (bicyclic) bond motifs is 3. The van der Waals surface area contributed by atoms with Crippen molar-refractivity contribution in [3.05, 3.63) is 105 Å². The number of carbonyl (C=O) groups is 4. The van der Waals surface area contributed by atoms with Crippen molar-refractivity contribution in [2.24, 2.45) is 11.8 Å². The minimum atomic E-state index is -2.22. The highest BCUT2D eigenvalue weighted by Gasteiger charge is 2.74. The lowest BCUT2D eigenvalue weighted by Gasteiger charge is -2.27. The van der Waals surface area contributed by atoms with Gasteiger partial charge >= 0.3 is 0 Å². The maximum absolute atomic E-state index is 13.8. The number of carbonyl (C=O) groups excluding carboxylic acids is 4. The third kappa shape index (κ3) is 2.81. The van der Waals surface area contributed by atoms with E-state index in [0.29, 0.717) is 10.6 Å². The lowest BCUT2D eigenvalue weighted by molar-refractivity contribution is -0.384. The molecule has 3 atom stereocenters. The van der Waals surface area contributed by atoms with Crippen LogP contribution in [0, 0.1) is 22.0 Å². The van der Waals surface area contributed by atoms with Gasteiger partial charge in [0.25, 0.3) is 5.69 Å². The molecule has 2 heterocycles. The van der Waals surface area contributed by atoms with Crippen LogP contribution in [0.4, 0.5) is 11.4 Å². The van der Waals surface area contributed by atoms with E-state index in [9.17, 15) is 29.3 Å². The first-order valence-electron chi connectivity index (χ1n) is 11.0. The Labute approximate surface area is 208 Å². The molecule has 0 saturated carbocycles. The average Bonchev–Trinajstić information content (AvgIpc) is 3.44. The van der Waals surface area contributed by atoms with Gasteiger partial charge < -0.3 is 4.74 Å². The van der Waals surface area contributed by atoms with E-state index in [1.54, 1.807) is 36.4 Å². The number of halogens is 1. The smallest absolute Gasteiger partial charge is 0.271 e. The van der Waals surface area contributed by atoms with E-state index in [1.807, 2.05) is 0 Å². The summed E-state index contributed by atoms with van der Waals surface area (Å²) in [5, 5.41) is 11.7. The van der Waals surface area contributed by atoms with Gasteiger partial charge in [-0.05, 0) is 23.8 Å². The highest BCUT2D eigenvalue weighted by molar-refractivity contribution is 6.37. The fourth-order valence-electron chi connectivity index (χ4n) is 5.47. The van der Waals surface area contributed by atoms with Crippen molar-refractivity contribution in [3.8, 4) is 0 Å². The Kier molecular flexibility index (Phi) is 4.73. The van der Waals surface area contributed by atoms with E-state index in [1.165, 1.54) is 30.3 Å². The Bertz CT molecular complexity index is 1480. The quantitative estimate of drug-likeness (QED) is 0.230. The normalized spacial score (nSPS) is 23.9. The third-order valence-corrected chi connectivity index (χ3v) is 7.27. The molecule has 0 unspecified atom stereocenters. The molecule has 1 spiro atoms. The summed E-state index contributed by atoms with van der Waals surface area (Å²) in [6.07, 6.45) is -1.10. The zero-order valence-corrected chi connectivity index (χ0v) is 19.0. The van der Waals surface area contributed by atoms with Gasteiger partial charge in [0.2, 0.25) is 29.0 Å². The van der Waals surface area contributed by atoms with Crippen LogP contribution in [0.1, 0.15) is 32.4 Å². The molecule has 2 aliphatic heterocycles. The zero-order chi connectivity index (χ0) is 25.4. The van der Waals surface area contributed by atoms with Crippen molar-refractivity contribution in [2.75, 3.05) is 4.90 Å². The molecule has 3 aromatic carbocycles. The summed E-state index contributed by atoms with van der Waals surface area (Å²) in [6, 6.07) is 17.6. The van der Waals surface area contributed by atoms with Gasteiger partial charge in [-0.25, -0.2) is 4.90 Å². The van der Waals surface area contributed by atoms with Crippen LogP contribution in [0.3, 0.4) is 0 Å². The number of benzene rings is 3. The number of anilines is 1. The number of nitrogens with zero attached hydrogens (tertiary/aromatic N) is 2. The molecule has 2 fully saturated rings. The van der Waals surface area contributed by atoms with Crippen LogP contribution in [0.25, 0.3) is 0 Å². The summed E-state index contributed by atoms with van der Waals surface area (Å²) in [5.41, 5.74) is -1.86. The predicted octanol–water partition coefficient (Wildman–Crippen LogP) is 3.94. The Hall–Kier alpha value is -4.21. The number of imide groups is 1. The first-order chi connectivity index (χ1) is 17.3. The monoisotopic (exact) mass is 502 g/mol. The van der Waals surface area contributed by atoms with Crippen molar-refractivity contribution >= 4 is 46.4 Å². The van der Waals surface area contributed by atoms with Crippen LogP contribution in [-0.2, 0) is 14.3 Å². The van der Waals surface area contributed by atoms with Gasteiger partial charge in [-0.3, -0.25) is 29.3 Å². The fraction of sp³-hybridized carbons (Fsp3) is 0.154. The second-order valence-corrected chi connectivity index (χ2v) is 9.26. The van der Waals surface area contributed by atoms with E-state index in [0.717, 1.165) is 11.0 Å². The SMILES string of the molecule is O=C1[C@@H]2[C@@H](C(=O)N1c1cccc([N+](=O)[O-])c1)C1(O[C@H]2c2ccc(Cl)cc2)C(=O)c2ccccc2C1=O. The number of amides is 2. The predicted molar refractivity (Wildman–Crippen MR) is 126 cm³/mol. The molecule has 0 N–H and O–H groups in total. The standard InChI is InChI=1S/C26H15ClN2O7/c27-14-10-8-13(9-11-14)21-19-20(26(36-21)22(30)17-6-1-2-7-18(17)23(26)31)25(33)28(24(19)32)15-4-3-5-16(12-15)29(34)35/h1-12,19-21H/t19-,20+,21+/m1/s1. The minimum Gasteiger partial charge on any atom is -0.349 e. The van der Waals surface area contributed by atoms with E-state index in [4.69, 9.17) is 16.3 Å². The van der Waals surface area contributed by atoms with Crippen molar-refractivity contribution in [1.82, 2.24) is 0 Å². The number of hydrogen-bond donors (Lipinski definition) is 0. The van der Waals surface area contributed by atoms with Gasteiger partial charge in [-0.15, -0.1) is 0 Å². The number of Topliss-reactive ketones (excluding diaryl/α,β-unsaturated/α-hetero) is 2. The van der Waals surface area contributed by atoms with Crippen molar-refractivity contribution in [3.63, 3.8) is 0 Å². The molecule has 10 heteroatoms. The van der Waals surface area contributed by atoms with Gasteiger partial charge in [0.1, 0.15) is 0 Å². The lowest BCUT2D eigenvalue weighted by atomic mass is 9.77. The Morgan fingerprint density at radius 2 is 1.50 bits per heavy atom. The largest absolute Gasteiger partial charge is 0.349 e. The van der Waals surface area contributed by atoms with Crippen molar-refractivity contribution < 1.29 is 28.8 Å². The van der Waals surface area contributed by atoms with Crippen LogP contribution in [-0.4, -0.2) is 33.9 Å². The van der Waals surface area contributed by atoms with Gasteiger partial charge in [-0.2, -0.15) is 0 Å².